The molecule has 30 heavy (non-hydrogen) atoms. The molecular formula is C21H17N5O4. The van der Waals surface area contributed by atoms with Crippen LogP contribution in [0.3, 0.4) is 0 Å². The standard InChI is InChI=1S/C21H17N5O4/c27-16(23-19-22-15-8-4-2-6-13(15)17(28)24-19)11-26-18(29)21(25-20(26)30)10-9-12-5-1-3-7-14(12)21/h1-8H,9-11H2,(H,25,30)(H2,22,23,24,27,28). The molecular weight excluding hydrogens is 386 g/mol. The van der Waals surface area contributed by atoms with E-state index in [1.165, 1.54) is 0 Å². The molecule has 2 heterocycles. The zero-order chi connectivity index (χ0) is 20.9. The number of aromatic nitrogens is 2. The molecule has 1 saturated heterocycles. The van der Waals surface area contributed by atoms with Crippen molar-refractivity contribution in [2.45, 2.75) is 18.4 Å². The third-order valence-corrected chi connectivity index (χ3v) is 5.59. The van der Waals surface area contributed by atoms with Gasteiger partial charge >= 0.3 is 6.03 Å². The highest BCUT2D eigenvalue weighted by atomic mass is 16.2. The Morgan fingerprint density at radius 2 is 1.87 bits per heavy atom. The Bertz CT molecular complexity index is 1280. The highest BCUT2D eigenvalue weighted by molar-refractivity contribution is 6.10. The molecule has 2 aromatic carbocycles. The van der Waals surface area contributed by atoms with E-state index in [0.717, 1.165) is 16.0 Å². The van der Waals surface area contributed by atoms with E-state index in [-0.39, 0.29) is 5.95 Å². The van der Waals surface area contributed by atoms with Crippen molar-refractivity contribution in [3.05, 3.63) is 70.0 Å². The molecule has 150 valence electrons. The van der Waals surface area contributed by atoms with Crippen molar-refractivity contribution in [3.8, 4) is 0 Å². The molecule has 9 heteroatoms. The van der Waals surface area contributed by atoms with E-state index in [4.69, 9.17) is 0 Å². The third kappa shape index (κ3) is 2.66. The highest BCUT2D eigenvalue weighted by Gasteiger charge is 2.55. The summed E-state index contributed by atoms with van der Waals surface area (Å²) in [5.41, 5.74) is 0.686. The van der Waals surface area contributed by atoms with Crippen LogP contribution in [0.5, 0.6) is 0 Å². The second-order valence-electron chi connectivity index (χ2n) is 7.36. The summed E-state index contributed by atoms with van der Waals surface area (Å²) >= 11 is 0. The number of nitrogens with zero attached hydrogens (tertiary/aromatic N) is 2. The molecule has 9 nitrogen and oxygen atoms in total. The summed E-state index contributed by atoms with van der Waals surface area (Å²) in [6.45, 7) is -0.481. The van der Waals surface area contributed by atoms with Crippen molar-refractivity contribution in [2.24, 2.45) is 0 Å². The monoisotopic (exact) mass is 403 g/mol. The average Bonchev–Trinajstić information content (AvgIpc) is 3.21. The van der Waals surface area contributed by atoms with Crippen LogP contribution in [0, 0.1) is 0 Å². The number of fused-ring (bicyclic) bond motifs is 3. The predicted molar refractivity (Wildman–Crippen MR) is 108 cm³/mol. The number of urea groups is 1. The molecule has 1 aliphatic carbocycles. The molecule has 1 aliphatic heterocycles. The number of imide groups is 1. The number of para-hydroxylation sites is 1. The number of H-pyrrole nitrogens is 1. The number of hydrogen-bond acceptors (Lipinski definition) is 5. The number of carbonyl (C=O) groups is 3. The fraction of sp³-hybridized carbons (Fsp3) is 0.190. The maximum atomic E-state index is 13.1. The number of nitrogens with one attached hydrogen (secondary N) is 3. The van der Waals surface area contributed by atoms with Crippen LogP contribution < -0.4 is 16.2 Å². The van der Waals surface area contributed by atoms with E-state index < -0.39 is 35.5 Å². The van der Waals surface area contributed by atoms with E-state index in [1.807, 2.05) is 24.3 Å². The molecule has 1 atom stereocenters. The Morgan fingerprint density at radius 1 is 1.10 bits per heavy atom. The van der Waals surface area contributed by atoms with Gasteiger partial charge in [-0.05, 0) is 36.1 Å². The van der Waals surface area contributed by atoms with Crippen molar-refractivity contribution in [1.82, 2.24) is 20.2 Å². The van der Waals surface area contributed by atoms with Gasteiger partial charge < -0.3 is 5.32 Å². The minimum atomic E-state index is -1.12. The van der Waals surface area contributed by atoms with Crippen LogP contribution >= 0.6 is 0 Å². The lowest BCUT2D eigenvalue weighted by Crippen LogP contribution is -2.43. The van der Waals surface area contributed by atoms with Crippen LogP contribution in [0.4, 0.5) is 10.7 Å². The molecule has 0 bridgehead atoms. The first-order chi connectivity index (χ1) is 14.5. The Hall–Kier alpha value is -4.01. The van der Waals surface area contributed by atoms with Gasteiger partial charge in [-0.15, -0.1) is 0 Å². The Labute approximate surface area is 170 Å². The lowest BCUT2D eigenvalue weighted by Gasteiger charge is -2.22. The number of carbonyl (C=O) groups excluding carboxylic acids is 3. The van der Waals surface area contributed by atoms with Crippen molar-refractivity contribution >= 4 is 34.7 Å². The zero-order valence-electron chi connectivity index (χ0n) is 15.8. The molecule has 1 fully saturated rings. The van der Waals surface area contributed by atoms with E-state index in [0.29, 0.717) is 23.7 Å². The second kappa shape index (κ2) is 6.51. The fourth-order valence-electron chi connectivity index (χ4n) is 4.19. The van der Waals surface area contributed by atoms with Crippen LogP contribution in [0.2, 0.25) is 0 Å². The number of aryl methyl sites for hydroxylation is 1. The molecule has 1 unspecified atom stereocenters. The lowest BCUT2D eigenvalue weighted by molar-refractivity contribution is -0.134. The molecule has 5 rings (SSSR count). The van der Waals surface area contributed by atoms with Crippen molar-refractivity contribution in [3.63, 3.8) is 0 Å². The van der Waals surface area contributed by atoms with E-state index in [9.17, 15) is 19.2 Å². The first-order valence-corrected chi connectivity index (χ1v) is 9.49. The highest BCUT2D eigenvalue weighted by Crippen LogP contribution is 2.41. The van der Waals surface area contributed by atoms with Gasteiger partial charge in [-0.3, -0.25) is 29.6 Å². The summed E-state index contributed by atoms with van der Waals surface area (Å²) in [4.78, 5) is 57.9. The molecule has 1 spiro atoms. The first-order valence-electron chi connectivity index (χ1n) is 9.49. The van der Waals surface area contributed by atoms with Gasteiger partial charge in [0.05, 0.1) is 10.9 Å². The SMILES string of the molecule is O=C(CN1C(=O)NC2(CCc3ccccc32)C1=O)Nc1nc2ccccc2c(=O)[nH]1. The molecule has 3 aromatic rings. The maximum Gasteiger partial charge on any atom is 0.325 e. The summed E-state index contributed by atoms with van der Waals surface area (Å²) < 4.78 is 0. The molecule has 2 aliphatic rings. The fourth-order valence-corrected chi connectivity index (χ4v) is 4.19. The van der Waals surface area contributed by atoms with Crippen LogP contribution in [0.25, 0.3) is 10.9 Å². The minimum absolute atomic E-state index is 0.0447. The quantitative estimate of drug-likeness (QED) is 0.568. The number of amides is 4. The Morgan fingerprint density at radius 3 is 2.73 bits per heavy atom. The normalized spacial score (nSPS) is 19.9. The van der Waals surface area contributed by atoms with Gasteiger partial charge in [0.25, 0.3) is 11.5 Å². The smallest absolute Gasteiger partial charge is 0.319 e. The molecule has 1 aromatic heterocycles. The number of benzene rings is 2. The molecule has 3 N–H and O–H groups in total. The van der Waals surface area contributed by atoms with Crippen LogP contribution in [0.15, 0.2) is 53.3 Å². The van der Waals surface area contributed by atoms with Crippen LogP contribution in [0.1, 0.15) is 17.5 Å². The van der Waals surface area contributed by atoms with Crippen LogP contribution in [-0.4, -0.2) is 39.3 Å². The maximum absolute atomic E-state index is 13.1. The molecule has 4 amide bonds. The summed E-state index contributed by atoms with van der Waals surface area (Å²) in [7, 11) is 0. The lowest BCUT2D eigenvalue weighted by atomic mass is 9.92. The van der Waals surface area contributed by atoms with Gasteiger partial charge in [0.15, 0.2) is 0 Å². The van der Waals surface area contributed by atoms with E-state index in [1.54, 1.807) is 24.3 Å². The topological polar surface area (TPSA) is 124 Å². The number of hydrogen-bond donors (Lipinski definition) is 3. The first kappa shape index (κ1) is 18.0. The zero-order valence-corrected chi connectivity index (χ0v) is 15.8. The minimum Gasteiger partial charge on any atom is -0.319 e. The predicted octanol–water partition coefficient (Wildman–Crippen LogP) is 1.26. The summed E-state index contributed by atoms with van der Waals surface area (Å²) in [6.07, 6.45) is 1.12. The third-order valence-electron chi connectivity index (χ3n) is 5.59. The van der Waals surface area contributed by atoms with Crippen molar-refractivity contribution in [2.75, 3.05) is 11.9 Å². The second-order valence-corrected chi connectivity index (χ2v) is 7.36. The summed E-state index contributed by atoms with van der Waals surface area (Å²) in [6, 6.07) is 13.6. The van der Waals surface area contributed by atoms with E-state index >= 15 is 0 Å². The number of aromatic amines is 1. The average molecular weight is 403 g/mol. The van der Waals surface area contributed by atoms with E-state index in [2.05, 4.69) is 20.6 Å². The van der Waals surface area contributed by atoms with Gasteiger partial charge in [-0.2, -0.15) is 0 Å². The Kier molecular flexibility index (Phi) is 3.92. The van der Waals surface area contributed by atoms with Gasteiger partial charge in [0, 0.05) is 0 Å². The molecule has 0 radical (unpaired) electrons. The summed E-state index contributed by atoms with van der Waals surface area (Å²) in [5, 5.41) is 5.63. The largest absolute Gasteiger partial charge is 0.325 e. The van der Waals surface area contributed by atoms with Crippen molar-refractivity contribution in [1.29, 1.82) is 0 Å². The number of anilines is 1. The van der Waals surface area contributed by atoms with Gasteiger partial charge in [-0.25, -0.2) is 9.78 Å². The molecule has 0 saturated carbocycles. The number of rotatable bonds is 3. The summed E-state index contributed by atoms with van der Waals surface area (Å²) in [5.74, 6) is -1.13. The van der Waals surface area contributed by atoms with Crippen molar-refractivity contribution < 1.29 is 14.4 Å². The van der Waals surface area contributed by atoms with Gasteiger partial charge in [-0.1, -0.05) is 36.4 Å². The van der Waals surface area contributed by atoms with Crippen LogP contribution in [-0.2, 0) is 21.5 Å². The van der Waals surface area contributed by atoms with Gasteiger partial charge in [0.2, 0.25) is 11.9 Å². The van der Waals surface area contributed by atoms with Gasteiger partial charge in [0.1, 0.15) is 12.1 Å². The Balaban J connectivity index is 1.36.